The molecule has 1 aromatic heterocycles. The number of methoxy groups -OCH3 is 3. The number of benzene rings is 3. The van der Waals surface area contributed by atoms with Gasteiger partial charge in [-0.15, -0.1) is 0 Å². The molecular formula is C24H22O6. The maximum absolute atomic E-state index is 12.5. The van der Waals surface area contributed by atoms with Gasteiger partial charge in [0.2, 0.25) is 5.75 Å². The molecule has 6 heteroatoms. The molecule has 0 radical (unpaired) electrons. The molecule has 3 aromatic carbocycles. The first-order valence-electron chi connectivity index (χ1n) is 9.47. The van der Waals surface area contributed by atoms with Crippen molar-refractivity contribution in [2.75, 3.05) is 21.3 Å². The fraction of sp³-hybridized carbons (Fsp3) is 0.208. The average molecular weight is 406 g/mol. The summed E-state index contributed by atoms with van der Waals surface area (Å²) in [5.74, 6) is 1.16. The predicted molar refractivity (Wildman–Crippen MR) is 113 cm³/mol. The monoisotopic (exact) mass is 406 g/mol. The van der Waals surface area contributed by atoms with Gasteiger partial charge in [-0.25, -0.2) is 0 Å². The number of furan rings is 1. The molecule has 4 rings (SSSR count). The molecule has 6 nitrogen and oxygen atoms in total. The molecular weight excluding hydrogens is 384 g/mol. The summed E-state index contributed by atoms with van der Waals surface area (Å²) in [5.41, 5.74) is 2.29. The van der Waals surface area contributed by atoms with Gasteiger partial charge in [0.25, 0.3) is 0 Å². The van der Waals surface area contributed by atoms with E-state index in [1.165, 1.54) is 0 Å². The molecule has 0 aliphatic heterocycles. The van der Waals surface area contributed by atoms with Crippen molar-refractivity contribution in [1.82, 2.24) is 0 Å². The van der Waals surface area contributed by atoms with E-state index in [9.17, 15) is 4.79 Å². The second-order valence-electron chi connectivity index (χ2n) is 6.79. The third-order valence-corrected chi connectivity index (χ3v) is 5.00. The average Bonchev–Trinajstić information content (AvgIpc) is 3.20. The Morgan fingerprint density at radius 2 is 1.67 bits per heavy atom. The Balaban J connectivity index is 1.53. The highest BCUT2D eigenvalue weighted by Crippen LogP contribution is 2.38. The Bertz CT molecular complexity index is 1180. The SMILES string of the molecule is COc1cc(COC(=O)Cc2coc3ccc4ccccc4c23)cc(OC)c1OC. The first kappa shape index (κ1) is 19.6. The summed E-state index contributed by atoms with van der Waals surface area (Å²) in [6.07, 6.45) is 1.74. The van der Waals surface area contributed by atoms with Gasteiger partial charge in [-0.05, 0) is 34.5 Å². The molecule has 0 N–H and O–H groups in total. The van der Waals surface area contributed by atoms with E-state index in [1.807, 2.05) is 36.4 Å². The van der Waals surface area contributed by atoms with Crippen LogP contribution in [0, 0.1) is 0 Å². The smallest absolute Gasteiger partial charge is 0.310 e. The second kappa shape index (κ2) is 8.37. The molecule has 0 saturated carbocycles. The summed E-state index contributed by atoms with van der Waals surface area (Å²) in [7, 11) is 4.63. The van der Waals surface area contributed by atoms with Crippen LogP contribution < -0.4 is 14.2 Å². The Hall–Kier alpha value is -3.67. The summed E-state index contributed by atoms with van der Waals surface area (Å²) in [4.78, 5) is 12.5. The summed E-state index contributed by atoms with van der Waals surface area (Å²) in [6.45, 7) is 0.0894. The van der Waals surface area contributed by atoms with Crippen molar-refractivity contribution in [3.63, 3.8) is 0 Å². The first-order chi connectivity index (χ1) is 14.6. The van der Waals surface area contributed by atoms with Gasteiger partial charge in [-0.1, -0.05) is 30.3 Å². The molecule has 154 valence electrons. The topological polar surface area (TPSA) is 67.1 Å². The van der Waals surface area contributed by atoms with E-state index in [0.29, 0.717) is 17.2 Å². The molecule has 0 fully saturated rings. The minimum Gasteiger partial charge on any atom is -0.493 e. The molecule has 0 aliphatic rings. The molecule has 0 spiro atoms. The van der Waals surface area contributed by atoms with Gasteiger partial charge in [0.05, 0.1) is 34.0 Å². The number of carbonyl (C=O) groups excluding carboxylic acids is 1. The van der Waals surface area contributed by atoms with Crippen molar-refractivity contribution < 1.29 is 28.2 Å². The Labute approximate surface area is 173 Å². The number of ether oxygens (including phenoxy) is 4. The maximum Gasteiger partial charge on any atom is 0.310 e. The highest BCUT2D eigenvalue weighted by molar-refractivity contribution is 6.08. The van der Waals surface area contributed by atoms with Crippen LogP contribution in [-0.2, 0) is 22.6 Å². The minimum atomic E-state index is -0.348. The van der Waals surface area contributed by atoms with Crippen LogP contribution >= 0.6 is 0 Å². The van der Waals surface area contributed by atoms with Crippen LogP contribution in [0.4, 0.5) is 0 Å². The Kier molecular flexibility index (Phi) is 5.48. The fourth-order valence-electron chi connectivity index (χ4n) is 3.59. The highest BCUT2D eigenvalue weighted by atomic mass is 16.5. The zero-order valence-corrected chi connectivity index (χ0v) is 17.1. The number of rotatable bonds is 7. The lowest BCUT2D eigenvalue weighted by molar-refractivity contribution is -0.144. The highest BCUT2D eigenvalue weighted by Gasteiger charge is 2.16. The summed E-state index contributed by atoms with van der Waals surface area (Å²) < 4.78 is 27.2. The lowest BCUT2D eigenvalue weighted by Gasteiger charge is -2.14. The van der Waals surface area contributed by atoms with E-state index in [4.69, 9.17) is 23.4 Å². The standard InChI is InChI=1S/C24H22O6/c1-26-20-10-15(11-21(27-2)24(20)28-3)13-30-22(25)12-17-14-29-19-9-8-16-6-4-5-7-18(16)23(17)19/h4-11,14H,12-13H2,1-3H3. The third-order valence-electron chi connectivity index (χ3n) is 5.00. The molecule has 0 unspecified atom stereocenters. The van der Waals surface area contributed by atoms with Crippen molar-refractivity contribution >= 4 is 27.7 Å². The van der Waals surface area contributed by atoms with Gasteiger partial charge in [0, 0.05) is 10.9 Å². The number of hydrogen-bond acceptors (Lipinski definition) is 6. The molecule has 0 aliphatic carbocycles. The number of esters is 1. The van der Waals surface area contributed by atoms with Crippen molar-refractivity contribution in [3.8, 4) is 17.2 Å². The van der Waals surface area contributed by atoms with Crippen LogP contribution in [0.25, 0.3) is 21.7 Å². The number of fused-ring (bicyclic) bond motifs is 3. The minimum absolute atomic E-state index is 0.0894. The van der Waals surface area contributed by atoms with Crippen LogP contribution in [0.15, 0.2) is 59.2 Å². The van der Waals surface area contributed by atoms with E-state index in [-0.39, 0.29) is 19.0 Å². The Morgan fingerprint density at radius 1 is 0.933 bits per heavy atom. The van der Waals surface area contributed by atoms with Gasteiger partial charge in [-0.3, -0.25) is 4.79 Å². The molecule has 0 bridgehead atoms. The largest absolute Gasteiger partial charge is 0.493 e. The van der Waals surface area contributed by atoms with Crippen molar-refractivity contribution in [1.29, 1.82) is 0 Å². The van der Waals surface area contributed by atoms with Crippen molar-refractivity contribution in [2.24, 2.45) is 0 Å². The lowest BCUT2D eigenvalue weighted by Crippen LogP contribution is -2.08. The van der Waals surface area contributed by atoms with Gasteiger partial charge in [0.1, 0.15) is 12.2 Å². The van der Waals surface area contributed by atoms with E-state index < -0.39 is 0 Å². The normalized spacial score (nSPS) is 10.9. The van der Waals surface area contributed by atoms with Crippen molar-refractivity contribution in [3.05, 3.63) is 65.9 Å². The van der Waals surface area contributed by atoms with E-state index >= 15 is 0 Å². The molecule has 4 aromatic rings. The van der Waals surface area contributed by atoms with Gasteiger partial charge >= 0.3 is 5.97 Å². The van der Waals surface area contributed by atoms with Crippen LogP contribution in [0.1, 0.15) is 11.1 Å². The van der Waals surface area contributed by atoms with Gasteiger partial charge in [-0.2, -0.15) is 0 Å². The summed E-state index contributed by atoms with van der Waals surface area (Å²) >= 11 is 0. The zero-order valence-electron chi connectivity index (χ0n) is 17.1. The van der Waals surface area contributed by atoms with E-state index in [2.05, 4.69) is 0 Å². The molecule has 0 atom stereocenters. The molecule has 1 heterocycles. The van der Waals surface area contributed by atoms with Gasteiger partial charge < -0.3 is 23.4 Å². The van der Waals surface area contributed by atoms with Crippen LogP contribution in [0.5, 0.6) is 17.2 Å². The number of carbonyl (C=O) groups is 1. The molecule has 0 saturated heterocycles. The number of hydrogen-bond donors (Lipinski definition) is 0. The Morgan fingerprint density at radius 3 is 2.37 bits per heavy atom. The summed E-state index contributed by atoms with van der Waals surface area (Å²) in [5, 5.41) is 3.09. The maximum atomic E-state index is 12.5. The second-order valence-corrected chi connectivity index (χ2v) is 6.79. The van der Waals surface area contributed by atoms with Gasteiger partial charge in [0.15, 0.2) is 11.5 Å². The van der Waals surface area contributed by atoms with Crippen LogP contribution in [0.2, 0.25) is 0 Å². The zero-order chi connectivity index (χ0) is 21.1. The van der Waals surface area contributed by atoms with Crippen molar-refractivity contribution in [2.45, 2.75) is 13.0 Å². The fourth-order valence-corrected chi connectivity index (χ4v) is 3.59. The first-order valence-corrected chi connectivity index (χ1v) is 9.47. The van der Waals surface area contributed by atoms with E-state index in [0.717, 1.165) is 32.9 Å². The summed E-state index contributed by atoms with van der Waals surface area (Å²) in [6, 6.07) is 15.5. The quantitative estimate of drug-likeness (QED) is 0.407. The van der Waals surface area contributed by atoms with Crippen LogP contribution in [0.3, 0.4) is 0 Å². The molecule has 0 amide bonds. The van der Waals surface area contributed by atoms with Crippen LogP contribution in [-0.4, -0.2) is 27.3 Å². The third kappa shape index (κ3) is 3.64. The van der Waals surface area contributed by atoms with E-state index in [1.54, 1.807) is 39.7 Å². The predicted octanol–water partition coefficient (Wildman–Crippen LogP) is 4.90. The lowest BCUT2D eigenvalue weighted by atomic mass is 10.0. The molecule has 30 heavy (non-hydrogen) atoms.